The molecule has 0 radical (unpaired) electrons. The van der Waals surface area contributed by atoms with E-state index in [1.807, 2.05) is 0 Å². The van der Waals surface area contributed by atoms with Gasteiger partial charge in [0.1, 0.15) is 0 Å². The van der Waals surface area contributed by atoms with Gasteiger partial charge in [-0.25, -0.2) is 0 Å². The van der Waals surface area contributed by atoms with Crippen molar-refractivity contribution in [2.75, 3.05) is 0 Å². The summed E-state index contributed by atoms with van der Waals surface area (Å²) in [4.78, 5) is 0. The van der Waals surface area contributed by atoms with Crippen LogP contribution >= 0.6 is 0 Å². The first kappa shape index (κ1) is 16.0. The second-order valence-corrected chi connectivity index (χ2v) is 4.60. The number of hydrogen-bond acceptors (Lipinski definition) is 1. The Hall–Kier alpha value is 0.0465. The molecule has 0 aromatic carbocycles. The molecule has 1 nitrogen and oxygen atoms in total. The molecule has 0 heterocycles. The molecule has 97 valence electrons. The van der Waals surface area contributed by atoms with Crippen LogP contribution in [-0.4, -0.2) is 0 Å². The van der Waals surface area contributed by atoms with E-state index in [9.17, 15) is 0 Å². The van der Waals surface area contributed by atoms with Crippen LogP contribution in [-0.2, 0) is 19.5 Å². The van der Waals surface area contributed by atoms with E-state index < -0.39 is 0 Å². The zero-order valence-electron chi connectivity index (χ0n) is 10.1. The SMILES string of the molecule is [CH-]1CCC(C2CCCCC2)CC1.[CH-]=C.[O]=[Co]. The van der Waals surface area contributed by atoms with Crippen LogP contribution in [0.15, 0.2) is 6.58 Å². The summed E-state index contributed by atoms with van der Waals surface area (Å²) in [5.74, 6) is 2.22. The zero-order valence-corrected chi connectivity index (χ0v) is 11.2. The molecule has 0 saturated heterocycles. The topological polar surface area (TPSA) is 17.1 Å². The average molecular weight is 267 g/mol. The summed E-state index contributed by atoms with van der Waals surface area (Å²) in [5.41, 5.74) is 0. The van der Waals surface area contributed by atoms with Crippen LogP contribution in [0.5, 0.6) is 0 Å². The van der Waals surface area contributed by atoms with Crippen molar-refractivity contribution in [3.63, 3.8) is 0 Å². The van der Waals surface area contributed by atoms with Gasteiger partial charge in [0.15, 0.2) is 0 Å². The van der Waals surface area contributed by atoms with Crippen LogP contribution in [0.4, 0.5) is 0 Å². The second kappa shape index (κ2) is 11.5. The minimum absolute atomic E-state index is 1.11. The first-order chi connectivity index (χ1) is 7.97. The molecule has 2 aliphatic carbocycles. The van der Waals surface area contributed by atoms with E-state index in [4.69, 9.17) is 3.87 Å². The Bertz CT molecular complexity index is 131. The summed E-state index contributed by atoms with van der Waals surface area (Å²) in [6.07, 6.45) is 15.9. The molecule has 2 saturated carbocycles. The second-order valence-electron chi connectivity index (χ2n) is 4.60. The van der Waals surface area contributed by atoms with Gasteiger partial charge in [-0.2, -0.15) is 12.8 Å². The molecular weight excluding hydrogens is 243 g/mol. The van der Waals surface area contributed by atoms with Crippen LogP contribution in [0.2, 0.25) is 0 Å². The Morgan fingerprint density at radius 1 is 0.875 bits per heavy atom. The molecule has 2 rings (SSSR count). The molecule has 2 fully saturated rings. The summed E-state index contributed by atoms with van der Waals surface area (Å²) >= 11 is 2.31. The predicted octanol–water partition coefficient (Wildman–Crippen LogP) is 4.45. The van der Waals surface area contributed by atoms with Crippen LogP contribution in [0.1, 0.15) is 57.8 Å². The minimum atomic E-state index is 1.11. The van der Waals surface area contributed by atoms with E-state index in [1.165, 1.54) is 44.9 Å². The third-order valence-electron chi connectivity index (χ3n) is 3.80. The molecule has 0 unspecified atom stereocenters. The fourth-order valence-electron chi connectivity index (χ4n) is 3.03. The molecule has 0 amide bonds. The molecule has 16 heavy (non-hydrogen) atoms. The van der Waals surface area contributed by atoms with Crippen LogP contribution in [0.3, 0.4) is 0 Å². The quantitative estimate of drug-likeness (QED) is 0.642. The van der Waals surface area contributed by atoms with Crippen molar-refractivity contribution >= 4 is 0 Å². The Morgan fingerprint density at radius 3 is 1.81 bits per heavy atom. The molecule has 2 aliphatic rings. The van der Waals surface area contributed by atoms with E-state index >= 15 is 0 Å². The van der Waals surface area contributed by atoms with E-state index in [-0.39, 0.29) is 0 Å². The molecule has 0 bridgehead atoms. The first-order valence-electron chi connectivity index (χ1n) is 6.33. The molecule has 2 heteroatoms. The first-order valence-corrected chi connectivity index (χ1v) is 6.75. The van der Waals surface area contributed by atoms with Crippen molar-refractivity contribution in [2.24, 2.45) is 11.8 Å². The van der Waals surface area contributed by atoms with Gasteiger partial charge < -0.3 is 13.0 Å². The summed E-state index contributed by atoms with van der Waals surface area (Å²) < 4.78 is 7.94. The van der Waals surface area contributed by atoms with Crippen molar-refractivity contribution in [1.82, 2.24) is 0 Å². The summed E-state index contributed by atoms with van der Waals surface area (Å²) in [6.45, 7) is 7.00. The van der Waals surface area contributed by atoms with Gasteiger partial charge in [0, 0.05) is 0 Å². The summed E-state index contributed by atoms with van der Waals surface area (Å²) in [6, 6.07) is 0. The van der Waals surface area contributed by atoms with Gasteiger partial charge in [-0.05, 0) is 11.8 Å². The van der Waals surface area contributed by atoms with Gasteiger partial charge in [-0.1, -0.05) is 44.9 Å². The van der Waals surface area contributed by atoms with Crippen LogP contribution < -0.4 is 0 Å². The van der Waals surface area contributed by atoms with Crippen LogP contribution in [0.25, 0.3) is 0 Å². The van der Waals surface area contributed by atoms with Gasteiger partial charge >= 0.3 is 19.5 Å². The van der Waals surface area contributed by atoms with Gasteiger partial charge in [-0.15, -0.1) is 0 Å². The molecule has 0 aromatic heterocycles. The van der Waals surface area contributed by atoms with Crippen LogP contribution in [0, 0.1) is 24.8 Å². The summed E-state index contributed by atoms with van der Waals surface area (Å²) in [5, 5.41) is 0. The standard InChI is InChI=1S/C12H21.C2H3.Co.O/c1-3-7-11(8-4-1)12-9-5-2-6-10-12;1-2;;/h1,11-12H,2-10H2;1H,2H2;;/q2*-1;;. The maximum atomic E-state index is 7.94. The van der Waals surface area contributed by atoms with Crippen molar-refractivity contribution in [2.45, 2.75) is 57.8 Å². The van der Waals surface area contributed by atoms with E-state index in [1.54, 1.807) is 12.8 Å². The average Bonchev–Trinajstić information content (AvgIpc) is 2.45. The molecule has 0 N–H and O–H groups in total. The fourth-order valence-corrected chi connectivity index (χ4v) is 3.03. The van der Waals surface area contributed by atoms with Gasteiger partial charge in [0.25, 0.3) is 0 Å². The Kier molecular flexibility index (Phi) is 11.6. The molecule has 0 atom stereocenters. The molecule has 0 spiro atoms. The fraction of sp³-hybridized carbons (Fsp3) is 0.786. The van der Waals surface area contributed by atoms with E-state index in [2.05, 4.69) is 35.2 Å². The zero-order chi connectivity index (χ0) is 12.2. The Balaban J connectivity index is 0.000000509. The monoisotopic (exact) mass is 267 g/mol. The third-order valence-corrected chi connectivity index (χ3v) is 3.80. The Labute approximate surface area is 109 Å². The molecule has 0 aromatic rings. The molecule has 0 aliphatic heterocycles. The van der Waals surface area contributed by atoms with Crippen molar-refractivity contribution in [3.8, 4) is 0 Å². The van der Waals surface area contributed by atoms with Crippen molar-refractivity contribution in [1.29, 1.82) is 0 Å². The molecular formula is C14H24CoO-2. The van der Waals surface area contributed by atoms with E-state index in [0.29, 0.717) is 0 Å². The Morgan fingerprint density at radius 2 is 1.31 bits per heavy atom. The van der Waals surface area contributed by atoms with Gasteiger partial charge in [0.2, 0.25) is 0 Å². The van der Waals surface area contributed by atoms with Gasteiger partial charge in [0.05, 0.1) is 0 Å². The number of hydrogen-bond donors (Lipinski definition) is 0. The third kappa shape index (κ3) is 5.95. The normalized spacial score (nSPS) is 22.3. The van der Waals surface area contributed by atoms with E-state index in [0.717, 1.165) is 11.8 Å². The van der Waals surface area contributed by atoms with Gasteiger partial charge in [-0.3, -0.25) is 6.58 Å². The number of rotatable bonds is 1. The predicted molar refractivity (Wildman–Crippen MR) is 63.4 cm³/mol. The maximum absolute atomic E-state index is 7.94. The van der Waals surface area contributed by atoms with Crippen molar-refractivity contribution in [3.05, 3.63) is 19.6 Å². The summed E-state index contributed by atoms with van der Waals surface area (Å²) in [7, 11) is 0. The van der Waals surface area contributed by atoms with Crippen molar-refractivity contribution < 1.29 is 19.5 Å².